The number of ether oxygens (including phenoxy) is 1. The van der Waals surface area contributed by atoms with Gasteiger partial charge in [0.15, 0.2) is 5.16 Å². The van der Waals surface area contributed by atoms with Crippen molar-refractivity contribution in [2.24, 2.45) is 0 Å². The van der Waals surface area contributed by atoms with E-state index in [2.05, 4.69) is 20.4 Å². The van der Waals surface area contributed by atoms with Crippen LogP contribution in [0.3, 0.4) is 0 Å². The molecule has 0 fully saturated rings. The SMILES string of the molecule is C=CCSc1nc2sc3c(c2c(=O)n1-c1ccc(C)cc1)CC(C)(CC)OC3. The van der Waals surface area contributed by atoms with E-state index < -0.39 is 0 Å². The van der Waals surface area contributed by atoms with Crippen LogP contribution in [0.2, 0.25) is 0 Å². The largest absolute Gasteiger partial charge is 0.369 e. The van der Waals surface area contributed by atoms with Crippen molar-refractivity contribution in [2.45, 2.75) is 51.0 Å². The lowest BCUT2D eigenvalue weighted by atomic mass is 9.90. The number of rotatable bonds is 5. The average molecular weight is 413 g/mol. The van der Waals surface area contributed by atoms with Crippen LogP contribution >= 0.6 is 23.1 Å². The van der Waals surface area contributed by atoms with Gasteiger partial charge in [-0.05, 0) is 38.0 Å². The molecule has 1 aliphatic heterocycles. The fraction of sp³-hybridized carbons (Fsp3) is 0.364. The lowest BCUT2D eigenvalue weighted by molar-refractivity contribution is -0.0543. The smallest absolute Gasteiger partial charge is 0.267 e. The van der Waals surface area contributed by atoms with Gasteiger partial charge in [0, 0.05) is 17.1 Å². The molecule has 1 aromatic carbocycles. The Bertz CT molecular complexity index is 1100. The molecule has 3 aromatic rings. The highest BCUT2D eigenvalue weighted by molar-refractivity contribution is 7.99. The predicted octanol–water partition coefficient (Wildman–Crippen LogP) is 5.28. The van der Waals surface area contributed by atoms with E-state index in [1.54, 1.807) is 15.9 Å². The van der Waals surface area contributed by atoms with E-state index in [0.717, 1.165) is 44.7 Å². The Morgan fingerprint density at radius 2 is 2.14 bits per heavy atom. The van der Waals surface area contributed by atoms with Crippen LogP contribution in [-0.2, 0) is 17.8 Å². The van der Waals surface area contributed by atoms with Gasteiger partial charge in [0.25, 0.3) is 5.56 Å². The molecule has 4 nitrogen and oxygen atoms in total. The molecular formula is C22H24N2O2S2. The zero-order chi connectivity index (χ0) is 19.9. The summed E-state index contributed by atoms with van der Waals surface area (Å²) in [6.45, 7) is 10.7. The third-order valence-corrected chi connectivity index (χ3v) is 7.38. The van der Waals surface area contributed by atoms with Gasteiger partial charge in [-0.25, -0.2) is 4.98 Å². The Morgan fingerprint density at radius 1 is 1.39 bits per heavy atom. The van der Waals surface area contributed by atoms with Crippen LogP contribution in [0.4, 0.5) is 0 Å². The van der Waals surface area contributed by atoms with Crippen LogP contribution in [0.15, 0.2) is 46.9 Å². The second kappa shape index (κ2) is 7.50. The third-order valence-electron chi connectivity index (χ3n) is 5.35. The monoisotopic (exact) mass is 412 g/mol. The Balaban J connectivity index is 1.97. The quantitative estimate of drug-likeness (QED) is 0.325. The molecule has 3 heterocycles. The molecule has 1 unspecified atom stereocenters. The van der Waals surface area contributed by atoms with Crippen molar-refractivity contribution in [3.63, 3.8) is 0 Å². The van der Waals surface area contributed by atoms with E-state index >= 15 is 0 Å². The molecule has 6 heteroatoms. The Hall–Kier alpha value is -1.89. The van der Waals surface area contributed by atoms with Crippen molar-refractivity contribution in [3.05, 3.63) is 63.3 Å². The minimum absolute atomic E-state index is 0.0123. The van der Waals surface area contributed by atoms with Crippen LogP contribution < -0.4 is 5.56 Å². The van der Waals surface area contributed by atoms with Crippen molar-refractivity contribution >= 4 is 33.3 Å². The number of thioether (sulfide) groups is 1. The van der Waals surface area contributed by atoms with E-state index in [1.165, 1.54) is 11.8 Å². The first-order chi connectivity index (χ1) is 13.5. The normalized spacial score (nSPS) is 19.0. The molecule has 0 aliphatic carbocycles. The number of hydrogen-bond acceptors (Lipinski definition) is 5. The lowest BCUT2D eigenvalue weighted by Gasteiger charge is -2.32. The second-order valence-electron chi connectivity index (χ2n) is 7.42. The van der Waals surface area contributed by atoms with Crippen LogP contribution in [0.25, 0.3) is 15.9 Å². The molecule has 0 radical (unpaired) electrons. The summed E-state index contributed by atoms with van der Waals surface area (Å²) in [7, 11) is 0. The molecule has 0 saturated carbocycles. The molecular weight excluding hydrogens is 388 g/mol. The summed E-state index contributed by atoms with van der Waals surface area (Å²) in [6, 6.07) is 8.03. The fourth-order valence-electron chi connectivity index (χ4n) is 3.48. The molecule has 0 N–H and O–H groups in total. The highest BCUT2D eigenvalue weighted by Gasteiger charge is 2.33. The molecule has 1 atom stereocenters. The fourth-order valence-corrected chi connectivity index (χ4v) is 5.37. The third kappa shape index (κ3) is 3.34. The van der Waals surface area contributed by atoms with Crippen LogP contribution in [-0.4, -0.2) is 20.9 Å². The maximum absolute atomic E-state index is 13.7. The number of nitrogens with zero attached hydrogens (tertiary/aromatic N) is 2. The summed E-state index contributed by atoms with van der Waals surface area (Å²) in [5.74, 6) is 0.700. The average Bonchev–Trinajstić information content (AvgIpc) is 3.05. The van der Waals surface area contributed by atoms with Crippen molar-refractivity contribution in [2.75, 3.05) is 5.75 Å². The zero-order valence-electron chi connectivity index (χ0n) is 16.4. The number of hydrogen-bond donors (Lipinski definition) is 0. The van der Waals surface area contributed by atoms with Gasteiger partial charge in [-0.15, -0.1) is 17.9 Å². The summed E-state index contributed by atoms with van der Waals surface area (Å²) < 4.78 is 7.84. The van der Waals surface area contributed by atoms with Gasteiger partial charge in [-0.3, -0.25) is 9.36 Å². The lowest BCUT2D eigenvalue weighted by Crippen LogP contribution is -2.34. The van der Waals surface area contributed by atoms with E-state index in [1.807, 2.05) is 37.3 Å². The first-order valence-corrected chi connectivity index (χ1v) is 11.3. The number of aryl methyl sites for hydroxylation is 1. The Labute approximate surface area is 173 Å². The number of aromatic nitrogens is 2. The van der Waals surface area contributed by atoms with E-state index in [0.29, 0.717) is 17.5 Å². The van der Waals surface area contributed by atoms with Crippen molar-refractivity contribution in [3.8, 4) is 5.69 Å². The molecule has 28 heavy (non-hydrogen) atoms. The molecule has 0 spiro atoms. The molecule has 0 bridgehead atoms. The molecule has 0 saturated heterocycles. The number of thiophene rings is 1. The highest BCUT2D eigenvalue weighted by atomic mass is 32.2. The summed E-state index contributed by atoms with van der Waals surface area (Å²) in [5, 5.41) is 1.46. The van der Waals surface area contributed by atoms with Crippen LogP contribution in [0, 0.1) is 6.92 Å². The summed E-state index contributed by atoms with van der Waals surface area (Å²) in [5.41, 5.74) is 2.92. The molecule has 146 valence electrons. The summed E-state index contributed by atoms with van der Waals surface area (Å²) >= 11 is 3.13. The van der Waals surface area contributed by atoms with Crippen molar-refractivity contribution in [1.82, 2.24) is 9.55 Å². The van der Waals surface area contributed by atoms with Crippen LogP contribution in [0.5, 0.6) is 0 Å². The van der Waals surface area contributed by atoms with Gasteiger partial charge < -0.3 is 4.74 Å². The molecule has 2 aromatic heterocycles. The number of fused-ring (bicyclic) bond motifs is 3. The van der Waals surface area contributed by atoms with Crippen LogP contribution in [0.1, 0.15) is 36.3 Å². The minimum Gasteiger partial charge on any atom is -0.369 e. The Kier molecular flexibility index (Phi) is 5.21. The van der Waals surface area contributed by atoms with Gasteiger partial charge >= 0.3 is 0 Å². The minimum atomic E-state index is -0.224. The van der Waals surface area contributed by atoms with Gasteiger partial charge in [-0.2, -0.15) is 0 Å². The Morgan fingerprint density at radius 3 is 2.82 bits per heavy atom. The van der Waals surface area contributed by atoms with E-state index in [9.17, 15) is 4.79 Å². The van der Waals surface area contributed by atoms with Gasteiger partial charge in [-0.1, -0.05) is 42.5 Å². The van der Waals surface area contributed by atoms with Gasteiger partial charge in [0.05, 0.1) is 23.3 Å². The maximum Gasteiger partial charge on any atom is 0.267 e. The maximum atomic E-state index is 13.7. The molecule has 4 rings (SSSR count). The zero-order valence-corrected chi connectivity index (χ0v) is 18.1. The van der Waals surface area contributed by atoms with Gasteiger partial charge in [0.1, 0.15) is 4.83 Å². The molecule has 1 aliphatic rings. The second-order valence-corrected chi connectivity index (χ2v) is 9.49. The van der Waals surface area contributed by atoms with E-state index in [-0.39, 0.29) is 11.2 Å². The van der Waals surface area contributed by atoms with Crippen molar-refractivity contribution in [1.29, 1.82) is 0 Å². The predicted molar refractivity (Wildman–Crippen MR) is 118 cm³/mol. The summed E-state index contributed by atoms with van der Waals surface area (Å²) in [6.07, 6.45) is 3.50. The number of benzene rings is 1. The summed E-state index contributed by atoms with van der Waals surface area (Å²) in [4.78, 5) is 20.5. The first-order valence-electron chi connectivity index (χ1n) is 9.48. The first kappa shape index (κ1) is 19.4. The van der Waals surface area contributed by atoms with Crippen molar-refractivity contribution < 1.29 is 4.74 Å². The topological polar surface area (TPSA) is 44.1 Å². The van der Waals surface area contributed by atoms with Gasteiger partial charge in [0.2, 0.25) is 0 Å². The highest BCUT2D eigenvalue weighted by Crippen LogP contribution is 2.39. The standard InChI is InChI=1S/C22H24N2O2S2/c1-5-11-27-21-23-19-18(16-12-22(4,6-2)26-13-17(16)28-19)20(25)24(21)15-9-7-14(3)8-10-15/h5,7-10H,1,6,11-13H2,2-4H3. The molecule has 0 amide bonds. The van der Waals surface area contributed by atoms with E-state index in [4.69, 9.17) is 9.72 Å².